The number of aromatic nitrogens is 2. The van der Waals surface area contributed by atoms with Gasteiger partial charge in [-0.1, -0.05) is 17.7 Å². The van der Waals surface area contributed by atoms with E-state index in [1.165, 1.54) is 0 Å². The number of anilines is 4. The summed E-state index contributed by atoms with van der Waals surface area (Å²) in [5.41, 5.74) is 2.87. The van der Waals surface area contributed by atoms with Crippen LogP contribution in [0.3, 0.4) is 0 Å². The second kappa shape index (κ2) is 8.06. The minimum Gasteiger partial charge on any atom is -0.491 e. The molecule has 0 radical (unpaired) electrons. The molecule has 0 fully saturated rings. The fourth-order valence-electron chi connectivity index (χ4n) is 2.37. The highest BCUT2D eigenvalue weighted by Crippen LogP contribution is 2.24. The standard InChI is InChI=1S/C20H21ClN4O/c1-13(2)26-17-8-6-16(7-9-17)23-19-10-11-22-20(25-19)24-18-12-15(21)5-4-14(18)3/h4-13H,1-3H3,(H2,22,23,24,25). The van der Waals surface area contributed by atoms with Crippen molar-refractivity contribution in [1.29, 1.82) is 0 Å². The summed E-state index contributed by atoms with van der Waals surface area (Å²) in [6, 6.07) is 15.2. The van der Waals surface area contributed by atoms with Gasteiger partial charge in [-0.25, -0.2) is 4.98 Å². The zero-order chi connectivity index (χ0) is 18.5. The van der Waals surface area contributed by atoms with E-state index in [1.807, 2.05) is 69.3 Å². The average Bonchev–Trinajstić information content (AvgIpc) is 2.60. The summed E-state index contributed by atoms with van der Waals surface area (Å²) in [4.78, 5) is 8.77. The van der Waals surface area contributed by atoms with Gasteiger partial charge in [-0.05, 0) is 68.8 Å². The van der Waals surface area contributed by atoms with Crippen LogP contribution in [-0.2, 0) is 0 Å². The predicted octanol–water partition coefficient (Wildman–Crippen LogP) is 5.71. The highest BCUT2D eigenvalue weighted by molar-refractivity contribution is 6.30. The van der Waals surface area contributed by atoms with Crippen LogP contribution in [0.15, 0.2) is 54.7 Å². The van der Waals surface area contributed by atoms with Crippen LogP contribution < -0.4 is 15.4 Å². The first kappa shape index (κ1) is 18.0. The molecule has 0 bridgehead atoms. The maximum Gasteiger partial charge on any atom is 0.229 e. The Labute approximate surface area is 158 Å². The van der Waals surface area contributed by atoms with Crippen molar-refractivity contribution < 1.29 is 4.74 Å². The van der Waals surface area contributed by atoms with E-state index >= 15 is 0 Å². The van der Waals surface area contributed by atoms with Crippen molar-refractivity contribution in [1.82, 2.24) is 9.97 Å². The lowest BCUT2D eigenvalue weighted by Gasteiger charge is -2.12. The molecule has 0 aliphatic rings. The lowest BCUT2D eigenvalue weighted by Crippen LogP contribution is -2.05. The molecule has 0 amide bonds. The van der Waals surface area contributed by atoms with Crippen molar-refractivity contribution in [3.05, 3.63) is 65.3 Å². The second-order valence-electron chi connectivity index (χ2n) is 6.17. The summed E-state index contributed by atoms with van der Waals surface area (Å²) in [6.07, 6.45) is 1.85. The van der Waals surface area contributed by atoms with Crippen LogP contribution in [0.25, 0.3) is 0 Å². The summed E-state index contributed by atoms with van der Waals surface area (Å²) in [5.74, 6) is 2.03. The van der Waals surface area contributed by atoms with E-state index in [2.05, 4.69) is 20.6 Å². The number of nitrogens with zero attached hydrogens (tertiary/aromatic N) is 2. The molecule has 1 heterocycles. The van der Waals surface area contributed by atoms with Gasteiger partial charge in [0.15, 0.2) is 0 Å². The van der Waals surface area contributed by atoms with Crippen LogP contribution in [0.1, 0.15) is 19.4 Å². The van der Waals surface area contributed by atoms with Gasteiger partial charge in [0.2, 0.25) is 5.95 Å². The molecule has 5 nitrogen and oxygen atoms in total. The monoisotopic (exact) mass is 368 g/mol. The highest BCUT2D eigenvalue weighted by atomic mass is 35.5. The molecular formula is C20H21ClN4O. The number of benzene rings is 2. The van der Waals surface area contributed by atoms with Gasteiger partial charge >= 0.3 is 0 Å². The van der Waals surface area contributed by atoms with Crippen LogP contribution in [-0.4, -0.2) is 16.1 Å². The smallest absolute Gasteiger partial charge is 0.229 e. The Morgan fingerprint density at radius 3 is 2.50 bits per heavy atom. The maximum atomic E-state index is 6.06. The Balaban J connectivity index is 1.72. The Bertz CT molecular complexity index is 881. The summed E-state index contributed by atoms with van der Waals surface area (Å²) >= 11 is 6.06. The van der Waals surface area contributed by atoms with E-state index in [9.17, 15) is 0 Å². The van der Waals surface area contributed by atoms with Gasteiger partial charge in [-0.15, -0.1) is 0 Å². The topological polar surface area (TPSA) is 59.1 Å². The van der Waals surface area contributed by atoms with Crippen LogP contribution in [0.5, 0.6) is 5.75 Å². The van der Waals surface area contributed by atoms with Crippen molar-refractivity contribution in [3.8, 4) is 5.75 Å². The minimum atomic E-state index is 0.152. The van der Waals surface area contributed by atoms with E-state index in [-0.39, 0.29) is 6.10 Å². The number of aryl methyl sites for hydroxylation is 1. The van der Waals surface area contributed by atoms with Crippen LogP contribution >= 0.6 is 11.6 Å². The minimum absolute atomic E-state index is 0.152. The largest absolute Gasteiger partial charge is 0.491 e. The highest BCUT2D eigenvalue weighted by Gasteiger charge is 2.05. The summed E-state index contributed by atoms with van der Waals surface area (Å²) < 4.78 is 5.65. The second-order valence-corrected chi connectivity index (χ2v) is 6.60. The van der Waals surface area contributed by atoms with Crippen molar-refractivity contribution in [2.24, 2.45) is 0 Å². The van der Waals surface area contributed by atoms with E-state index in [4.69, 9.17) is 16.3 Å². The van der Waals surface area contributed by atoms with Crippen LogP contribution in [0.2, 0.25) is 5.02 Å². The number of rotatable bonds is 6. The first-order valence-corrected chi connectivity index (χ1v) is 8.77. The van der Waals surface area contributed by atoms with Gasteiger partial charge in [0, 0.05) is 22.6 Å². The molecule has 0 aliphatic heterocycles. The zero-order valence-electron chi connectivity index (χ0n) is 15.0. The zero-order valence-corrected chi connectivity index (χ0v) is 15.7. The summed E-state index contributed by atoms with van der Waals surface area (Å²) in [7, 11) is 0. The number of hydrogen-bond acceptors (Lipinski definition) is 5. The molecule has 2 N–H and O–H groups in total. The van der Waals surface area contributed by atoms with Gasteiger partial charge in [-0.2, -0.15) is 4.98 Å². The van der Waals surface area contributed by atoms with E-state index in [0.29, 0.717) is 16.8 Å². The molecule has 1 aromatic heterocycles. The first-order valence-electron chi connectivity index (χ1n) is 8.39. The van der Waals surface area contributed by atoms with Crippen molar-refractivity contribution in [2.75, 3.05) is 10.6 Å². The fourth-order valence-corrected chi connectivity index (χ4v) is 2.55. The molecule has 3 aromatic rings. The third-order valence-electron chi connectivity index (χ3n) is 3.60. The Morgan fingerprint density at radius 1 is 1.00 bits per heavy atom. The molecule has 0 aliphatic carbocycles. The number of hydrogen-bond donors (Lipinski definition) is 2. The molecule has 0 saturated heterocycles. The lowest BCUT2D eigenvalue weighted by molar-refractivity contribution is 0.242. The van der Waals surface area contributed by atoms with Gasteiger partial charge in [0.1, 0.15) is 11.6 Å². The van der Waals surface area contributed by atoms with Gasteiger partial charge in [-0.3, -0.25) is 0 Å². The average molecular weight is 369 g/mol. The van der Waals surface area contributed by atoms with E-state index < -0.39 is 0 Å². The molecule has 0 unspecified atom stereocenters. The third kappa shape index (κ3) is 4.86. The molecular weight excluding hydrogens is 348 g/mol. The first-order chi connectivity index (χ1) is 12.5. The SMILES string of the molecule is Cc1ccc(Cl)cc1Nc1nccc(Nc2ccc(OC(C)C)cc2)n1. The normalized spacial score (nSPS) is 10.7. The van der Waals surface area contributed by atoms with Crippen LogP contribution in [0.4, 0.5) is 23.1 Å². The molecule has 0 spiro atoms. The Morgan fingerprint density at radius 2 is 1.77 bits per heavy atom. The number of nitrogens with one attached hydrogen (secondary N) is 2. The fraction of sp³-hybridized carbons (Fsp3) is 0.200. The van der Waals surface area contributed by atoms with Gasteiger partial charge < -0.3 is 15.4 Å². The Hall–Kier alpha value is -2.79. The Kier molecular flexibility index (Phi) is 5.58. The van der Waals surface area contributed by atoms with E-state index in [1.54, 1.807) is 6.20 Å². The number of halogens is 1. The van der Waals surface area contributed by atoms with Gasteiger partial charge in [0.25, 0.3) is 0 Å². The quantitative estimate of drug-likeness (QED) is 0.583. The molecule has 3 rings (SSSR count). The summed E-state index contributed by atoms with van der Waals surface area (Å²) in [5, 5.41) is 7.13. The number of ether oxygens (including phenoxy) is 1. The van der Waals surface area contributed by atoms with Crippen molar-refractivity contribution >= 4 is 34.7 Å². The summed E-state index contributed by atoms with van der Waals surface area (Å²) in [6.45, 7) is 6.01. The lowest BCUT2D eigenvalue weighted by atomic mass is 10.2. The third-order valence-corrected chi connectivity index (χ3v) is 3.84. The molecule has 6 heteroatoms. The van der Waals surface area contributed by atoms with Crippen molar-refractivity contribution in [3.63, 3.8) is 0 Å². The molecule has 2 aromatic carbocycles. The van der Waals surface area contributed by atoms with Crippen molar-refractivity contribution in [2.45, 2.75) is 26.9 Å². The van der Waals surface area contributed by atoms with E-state index in [0.717, 1.165) is 22.7 Å². The molecule has 26 heavy (non-hydrogen) atoms. The predicted molar refractivity (Wildman–Crippen MR) is 107 cm³/mol. The van der Waals surface area contributed by atoms with Crippen LogP contribution in [0, 0.1) is 6.92 Å². The molecule has 0 saturated carbocycles. The maximum absolute atomic E-state index is 6.06. The molecule has 134 valence electrons. The van der Waals surface area contributed by atoms with Gasteiger partial charge in [0.05, 0.1) is 6.10 Å². The molecule has 0 atom stereocenters.